The van der Waals surface area contributed by atoms with Gasteiger partial charge < -0.3 is 9.47 Å². The normalized spacial score (nSPS) is 10.9. The first-order valence-corrected chi connectivity index (χ1v) is 9.17. The van der Waals surface area contributed by atoms with Crippen molar-refractivity contribution in [2.24, 2.45) is 4.99 Å². The average molecular weight is 359 g/mol. The predicted octanol–water partition coefficient (Wildman–Crippen LogP) is 5.90. The zero-order valence-corrected chi connectivity index (χ0v) is 16.1. The molecule has 3 aromatic rings. The van der Waals surface area contributed by atoms with Crippen LogP contribution < -0.4 is 9.47 Å². The van der Waals surface area contributed by atoms with E-state index in [0.29, 0.717) is 12.4 Å². The number of hydrogen-bond donors (Lipinski definition) is 0. The van der Waals surface area contributed by atoms with Crippen LogP contribution in [0.2, 0.25) is 0 Å². The summed E-state index contributed by atoms with van der Waals surface area (Å²) in [4.78, 5) is 4.54. The van der Waals surface area contributed by atoms with E-state index >= 15 is 0 Å². The molecule has 0 heterocycles. The van der Waals surface area contributed by atoms with Gasteiger partial charge in [0.1, 0.15) is 6.61 Å². The number of aliphatic imine (C=N–C) groups is 1. The Hall–Kier alpha value is -3.07. The second kappa shape index (κ2) is 9.04. The van der Waals surface area contributed by atoms with Crippen molar-refractivity contribution in [2.75, 3.05) is 7.11 Å². The standard InChI is InChI=1S/C24H25NO2/c1-4-19-9-12-22(13-10-19)25-16-21-11-14-23(24(15-21)26-3)27-17-20-7-5-18(2)6-8-20/h5-16H,4,17H2,1-3H3. The lowest BCUT2D eigenvalue weighted by Gasteiger charge is -2.11. The van der Waals surface area contributed by atoms with Crippen LogP contribution in [0.1, 0.15) is 29.2 Å². The van der Waals surface area contributed by atoms with Crippen molar-refractivity contribution in [3.63, 3.8) is 0 Å². The van der Waals surface area contributed by atoms with Crippen molar-refractivity contribution >= 4 is 11.9 Å². The molecule has 0 spiro atoms. The Morgan fingerprint density at radius 1 is 0.852 bits per heavy atom. The average Bonchev–Trinajstić information content (AvgIpc) is 2.72. The first-order valence-electron chi connectivity index (χ1n) is 9.17. The molecule has 0 aromatic heterocycles. The number of rotatable bonds is 7. The molecule has 0 fully saturated rings. The summed E-state index contributed by atoms with van der Waals surface area (Å²) in [6.07, 6.45) is 2.87. The highest BCUT2D eigenvalue weighted by atomic mass is 16.5. The molecule has 3 heteroatoms. The van der Waals surface area contributed by atoms with E-state index < -0.39 is 0 Å². The van der Waals surface area contributed by atoms with Gasteiger partial charge in [0.05, 0.1) is 12.8 Å². The fourth-order valence-electron chi connectivity index (χ4n) is 2.70. The number of aryl methyl sites for hydroxylation is 2. The summed E-state index contributed by atoms with van der Waals surface area (Å²) < 4.78 is 11.4. The number of benzene rings is 3. The van der Waals surface area contributed by atoms with Gasteiger partial charge in [-0.05, 0) is 60.4 Å². The molecule has 0 bridgehead atoms. The Morgan fingerprint density at radius 2 is 1.56 bits per heavy atom. The summed E-state index contributed by atoms with van der Waals surface area (Å²) in [5, 5.41) is 0. The Balaban J connectivity index is 1.69. The van der Waals surface area contributed by atoms with E-state index in [0.717, 1.165) is 29.0 Å². The quantitative estimate of drug-likeness (QED) is 0.492. The molecule has 0 aliphatic heterocycles. The molecular formula is C24H25NO2. The Kier molecular flexibility index (Phi) is 6.26. The van der Waals surface area contributed by atoms with Gasteiger partial charge in [-0.3, -0.25) is 4.99 Å². The van der Waals surface area contributed by atoms with Crippen molar-refractivity contribution in [3.05, 3.63) is 89.0 Å². The Bertz CT molecular complexity index is 897. The van der Waals surface area contributed by atoms with Crippen molar-refractivity contribution in [3.8, 4) is 11.5 Å². The number of methoxy groups -OCH3 is 1. The van der Waals surface area contributed by atoms with Gasteiger partial charge >= 0.3 is 0 Å². The van der Waals surface area contributed by atoms with Crippen LogP contribution in [-0.2, 0) is 13.0 Å². The zero-order chi connectivity index (χ0) is 19.1. The summed E-state index contributed by atoms with van der Waals surface area (Å²) in [6.45, 7) is 4.73. The van der Waals surface area contributed by atoms with Crippen LogP contribution in [0.3, 0.4) is 0 Å². The van der Waals surface area contributed by atoms with Crippen LogP contribution in [0.4, 0.5) is 5.69 Å². The molecule has 0 aliphatic carbocycles. The lowest BCUT2D eigenvalue weighted by molar-refractivity contribution is 0.284. The molecule has 0 atom stereocenters. The minimum atomic E-state index is 0.508. The summed E-state index contributed by atoms with van der Waals surface area (Å²) in [5.74, 6) is 1.43. The van der Waals surface area contributed by atoms with Gasteiger partial charge in [-0.2, -0.15) is 0 Å². The number of ether oxygens (including phenoxy) is 2. The Labute approximate surface area is 161 Å². The maximum absolute atomic E-state index is 5.93. The monoisotopic (exact) mass is 359 g/mol. The second-order valence-corrected chi connectivity index (χ2v) is 6.46. The fraction of sp³-hybridized carbons (Fsp3) is 0.208. The van der Waals surface area contributed by atoms with E-state index in [2.05, 4.69) is 55.2 Å². The fourth-order valence-corrected chi connectivity index (χ4v) is 2.70. The maximum Gasteiger partial charge on any atom is 0.161 e. The zero-order valence-electron chi connectivity index (χ0n) is 16.1. The molecule has 27 heavy (non-hydrogen) atoms. The third kappa shape index (κ3) is 5.20. The van der Waals surface area contributed by atoms with Crippen LogP contribution >= 0.6 is 0 Å². The lowest BCUT2D eigenvalue weighted by atomic mass is 10.1. The second-order valence-electron chi connectivity index (χ2n) is 6.46. The first-order chi connectivity index (χ1) is 13.2. The Morgan fingerprint density at radius 3 is 2.22 bits per heavy atom. The molecule has 3 nitrogen and oxygen atoms in total. The topological polar surface area (TPSA) is 30.8 Å². The van der Waals surface area contributed by atoms with Crippen LogP contribution in [0.15, 0.2) is 71.7 Å². The van der Waals surface area contributed by atoms with Crippen LogP contribution in [0.25, 0.3) is 0 Å². The lowest BCUT2D eigenvalue weighted by Crippen LogP contribution is -1.98. The van der Waals surface area contributed by atoms with Gasteiger partial charge in [0, 0.05) is 6.21 Å². The van der Waals surface area contributed by atoms with Crippen LogP contribution in [0, 0.1) is 6.92 Å². The number of hydrogen-bond acceptors (Lipinski definition) is 3. The SMILES string of the molecule is CCc1ccc(N=Cc2ccc(OCc3ccc(C)cc3)c(OC)c2)cc1. The highest BCUT2D eigenvalue weighted by molar-refractivity contribution is 5.83. The van der Waals surface area contributed by atoms with E-state index in [1.165, 1.54) is 11.1 Å². The molecule has 138 valence electrons. The summed E-state index contributed by atoms with van der Waals surface area (Å²) in [7, 11) is 1.65. The maximum atomic E-state index is 5.93. The minimum absolute atomic E-state index is 0.508. The molecule has 0 amide bonds. The summed E-state index contributed by atoms with van der Waals surface area (Å²) in [6, 6.07) is 22.5. The van der Waals surface area contributed by atoms with E-state index in [1.807, 2.05) is 36.5 Å². The molecule has 0 radical (unpaired) electrons. The van der Waals surface area contributed by atoms with E-state index in [-0.39, 0.29) is 0 Å². The van der Waals surface area contributed by atoms with Crippen molar-refractivity contribution in [1.29, 1.82) is 0 Å². The molecular weight excluding hydrogens is 334 g/mol. The van der Waals surface area contributed by atoms with E-state index in [9.17, 15) is 0 Å². The third-order valence-electron chi connectivity index (χ3n) is 4.41. The van der Waals surface area contributed by atoms with Gasteiger partial charge in [-0.25, -0.2) is 0 Å². The number of nitrogens with zero attached hydrogens (tertiary/aromatic N) is 1. The van der Waals surface area contributed by atoms with Crippen LogP contribution in [0.5, 0.6) is 11.5 Å². The summed E-state index contributed by atoms with van der Waals surface area (Å²) in [5.41, 5.74) is 5.58. The van der Waals surface area contributed by atoms with E-state index in [4.69, 9.17) is 9.47 Å². The minimum Gasteiger partial charge on any atom is -0.493 e. The molecule has 3 rings (SSSR count). The van der Waals surface area contributed by atoms with Gasteiger partial charge in [-0.1, -0.05) is 48.9 Å². The van der Waals surface area contributed by atoms with Crippen molar-refractivity contribution < 1.29 is 9.47 Å². The highest BCUT2D eigenvalue weighted by Crippen LogP contribution is 2.28. The van der Waals surface area contributed by atoms with Crippen LogP contribution in [-0.4, -0.2) is 13.3 Å². The van der Waals surface area contributed by atoms with Gasteiger partial charge in [0.2, 0.25) is 0 Å². The predicted molar refractivity (Wildman–Crippen MR) is 112 cm³/mol. The van der Waals surface area contributed by atoms with Gasteiger partial charge in [0.25, 0.3) is 0 Å². The van der Waals surface area contributed by atoms with Crippen molar-refractivity contribution in [2.45, 2.75) is 26.9 Å². The molecule has 0 N–H and O–H groups in total. The molecule has 0 aliphatic rings. The highest BCUT2D eigenvalue weighted by Gasteiger charge is 2.06. The van der Waals surface area contributed by atoms with Crippen molar-refractivity contribution in [1.82, 2.24) is 0 Å². The third-order valence-corrected chi connectivity index (χ3v) is 4.41. The molecule has 0 saturated carbocycles. The molecule has 0 saturated heterocycles. The molecule has 0 unspecified atom stereocenters. The molecule has 3 aromatic carbocycles. The van der Waals surface area contributed by atoms with Gasteiger partial charge in [-0.15, -0.1) is 0 Å². The smallest absolute Gasteiger partial charge is 0.161 e. The largest absolute Gasteiger partial charge is 0.493 e. The van der Waals surface area contributed by atoms with Gasteiger partial charge in [0.15, 0.2) is 11.5 Å². The first kappa shape index (κ1) is 18.7. The summed E-state index contributed by atoms with van der Waals surface area (Å²) >= 11 is 0. The van der Waals surface area contributed by atoms with E-state index in [1.54, 1.807) is 7.11 Å².